The Morgan fingerprint density at radius 1 is 1.43 bits per heavy atom. The SMILES string of the molecule is Cc1nc(Cc2noc(CC3(C(=O)O)CCCC3)n2)cs1. The second kappa shape index (κ2) is 5.55. The van der Waals surface area contributed by atoms with E-state index in [9.17, 15) is 9.90 Å². The molecule has 0 radical (unpaired) electrons. The summed E-state index contributed by atoms with van der Waals surface area (Å²) in [4.78, 5) is 20.2. The first-order chi connectivity index (χ1) is 10.1. The van der Waals surface area contributed by atoms with Gasteiger partial charge in [0.15, 0.2) is 5.82 Å². The zero-order chi connectivity index (χ0) is 14.9. The van der Waals surface area contributed by atoms with Gasteiger partial charge in [0.1, 0.15) is 0 Å². The van der Waals surface area contributed by atoms with Crippen molar-refractivity contribution in [2.75, 3.05) is 0 Å². The summed E-state index contributed by atoms with van der Waals surface area (Å²) in [5.41, 5.74) is 0.194. The van der Waals surface area contributed by atoms with Crippen molar-refractivity contribution in [3.8, 4) is 0 Å². The lowest BCUT2D eigenvalue weighted by molar-refractivity contribution is -0.148. The van der Waals surface area contributed by atoms with Crippen molar-refractivity contribution in [3.63, 3.8) is 0 Å². The number of aryl methyl sites for hydroxylation is 1. The van der Waals surface area contributed by atoms with Gasteiger partial charge in [-0.2, -0.15) is 4.98 Å². The molecule has 2 aromatic rings. The standard InChI is InChI=1S/C14H17N3O3S/c1-9-15-10(8-21-9)6-11-16-12(20-17-11)7-14(13(18)19)4-2-3-5-14/h8H,2-7H2,1H3,(H,18,19). The number of aliphatic carboxylic acids is 1. The Hall–Kier alpha value is -1.76. The quantitative estimate of drug-likeness (QED) is 0.913. The van der Waals surface area contributed by atoms with Crippen molar-refractivity contribution in [2.45, 2.75) is 45.4 Å². The fraction of sp³-hybridized carbons (Fsp3) is 0.571. The highest BCUT2D eigenvalue weighted by Crippen LogP contribution is 2.40. The molecule has 0 atom stereocenters. The number of carboxylic acid groups (broad SMARTS) is 1. The molecule has 0 bridgehead atoms. The molecule has 1 aliphatic carbocycles. The molecular formula is C14H17N3O3S. The van der Waals surface area contributed by atoms with Crippen molar-refractivity contribution in [3.05, 3.63) is 27.8 Å². The third-order valence-electron chi connectivity index (χ3n) is 4.02. The Morgan fingerprint density at radius 2 is 2.19 bits per heavy atom. The first-order valence-electron chi connectivity index (χ1n) is 7.03. The van der Waals surface area contributed by atoms with Crippen LogP contribution in [-0.2, 0) is 17.6 Å². The van der Waals surface area contributed by atoms with Crippen LogP contribution in [0.25, 0.3) is 0 Å². The molecule has 0 saturated heterocycles. The van der Waals surface area contributed by atoms with Crippen LogP contribution in [0.2, 0.25) is 0 Å². The lowest BCUT2D eigenvalue weighted by Crippen LogP contribution is -2.30. The summed E-state index contributed by atoms with van der Waals surface area (Å²) in [5.74, 6) is 0.227. The van der Waals surface area contributed by atoms with Crippen molar-refractivity contribution in [1.29, 1.82) is 0 Å². The van der Waals surface area contributed by atoms with Crippen molar-refractivity contribution in [1.82, 2.24) is 15.1 Å². The molecule has 0 unspecified atom stereocenters. The monoisotopic (exact) mass is 307 g/mol. The van der Waals surface area contributed by atoms with E-state index in [1.807, 2.05) is 12.3 Å². The maximum atomic E-state index is 11.5. The Balaban J connectivity index is 1.71. The molecule has 6 nitrogen and oxygen atoms in total. The van der Waals surface area contributed by atoms with Crippen molar-refractivity contribution < 1.29 is 14.4 Å². The first kappa shape index (κ1) is 14.2. The van der Waals surface area contributed by atoms with Crippen LogP contribution in [0.1, 0.15) is 48.1 Å². The van der Waals surface area contributed by atoms with E-state index in [2.05, 4.69) is 15.1 Å². The van der Waals surface area contributed by atoms with Gasteiger partial charge in [0, 0.05) is 11.8 Å². The number of hydrogen-bond acceptors (Lipinski definition) is 6. The largest absolute Gasteiger partial charge is 0.481 e. The molecule has 2 heterocycles. The number of carbonyl (C=O) groups is 1. The number of hydrogen-bond donors (Lipinski definition) is 1. The van der Waals surface area contributed by atoms with Gasteiger partial charge in [0.05, 0.1) is 22.5 Å². The van der Waals surface area contributed by atoms with Crippen LogP contribution in [0.15, 0.2) is 9.90 Å². The zero-order valence-corrected chi connectivity index (χ0v) is 12.7. The van der Waals surface area contributed by atoms with Crippen LogP contribution in [-0.4, -0.2) is 26.2 Å². The highest BCUT2D eigenvalue weighted by atomic mass is 32.1. The Kier molecular flexibility index (Phi) is 3.75. The fourth-order valence-electron chi connectivity index (χ4n) is 2.89. The van der Waals surface area contributed by atoms with E-state index in [1.165, 1.54) is 0 Å². The molecular weight excluding hydrogens is 290 g/mol. The van der Waals surface area contributed by atoms with Gasteiger partial charge in [-0.1, -0.05) is 18.0 Å². The second-order valence-corrected chi connectivity index (χ2v) is 6.67. The fourth-order valence-corrected chi connectivity index (χ4v) is 3.51. The Morgan fingerprint density at radius 3 is 2.81 bits per heavy atom. The summed E-state index contributed by atoms with van der Waals surface area (Å²) in [6.45, 7) is 1.95. The van der Waals surface area contributed by atoms with E-state index in [1.54, 1.807) is 11.3 Å². The van der Waals surface area contributed by atoms with Gasteiger partial charge in [-0.3, -0.25) is 4.79 Å². The average Bonchev–Trinajstić information content (AvgIpc) is 3.14. The number of rotatable bonds is 5. The van der Waals surface area contributed by atoms with Gasteiger partial charge in [-0.25, -0.2) is 4.98 Å². The molecule has 0 amide bonds. The number of thiazole rings is 1. The van der Waals surface area contributed by atoms with Gasteiger partial charge in [-0.15, -0.1) is 11.3 Å². The topological polar surface area (TPSA) is 89.1 Å². The van der Waals surface area contributed by atoms with E-state index in [0.29, 0.717) is 37.4 Å². The lowest BCUT2D eigenvalue weighted by atomic mass is 9.83. The lowest BCUT2D eigenvalue weighted by Gasteiger charge is -2.21. The predicted molar refractivity (Wildman–Crippen MR) is 76.2 cm³/mol. The molecule has 1 N–H and O–H groups in total. The van der Waals surface area contributed by atoms with Crippen LogP contribution < -0.4 is 0 Å². The first-order valence-corrected chi connectivity index (χ1v) is 7.91. The van der Waals surface area contributed by atoms with Crippen LogP contribution in [0.3, 0.4) is 0 Å². The van der Waals surface area contributed by atoms with E-state index < -0.39 is 11.4 Å². The predicted octanol–water partition coefficient (Wildman–Crippen LogP) is 2.61. The highest BCUT2D eigenvalue weighted by molar-refractivity contribution is 7.09. The second-order valence-electron chi connectivity index (χ2n) is 5.61. The van der Waals surface area contributed by atoms with E-state index >= 15 is 0 Å². The average molecular weight is 307 g/mol. The van der Waals surface area contributed by atoms with Crippen LogP contribution >= 0.6 is 11.3 Å². The van der Waals surface area contributed by atoms with E-state index in [-0.39, 0.29) is 0 Å². The summed E-state index contributed by atoms with van der Waals surface area (Å²) in [6, 6.07) is 0. The van der Waals surface area contributed by atoms with Gasteiger partial charge in [-0.05, 0) is 19.8 Å². The molecule has 2 aromatic heterocycles. The van der Waals surface area contributed by atoms with Gasteiger partial charge in [0.2, 0.25) is 5.89 Å². The summed E-state index contributed by atoms with van der Waals surface area (Å²) >= 11 is 1.58. The normalized spacial score (nSPS) is 17.2. The molecule has 1 saturated carbocycles. The number of carboxylic acids is 1. The number of aromatic nitrogens is 3. The summed E-state index contributed by atoms with van der Waals surface area (Å²) in [5, 5.41) is 16.4. The molecule has 112 valence electrons. The van der Waals surface area contributed by atoms with Gasteiger partial charge >= 0.3 is 5.97 Å². The summed E-state index contributed by atoms with van der Waals surface area (Å²) < 4.78 is 5.23. The third-order valence-corrected chi connectivity index (χ3v) is 4.84. The van der Waals surface area contributed by atoms with Crippen molar-refractivity contribution in [2.24, 2.45) is 5.41 Å². The minimum atomic E-state index is -0.755. The third kappa shape index (κ3) is 2.97. The van der Waals surface area contributed by atoms with Crippen LogP contribution in [0.5, 0.6) is 0 Å². The molecule has 1 aliphatic rings. The molecule has 3 rings (SSSR count). The van der Waals surface area contributed by atoms with Gasteiger partial charge < -0.3 is 9.63 Å². The Labute approximate surface area is 126 Å². The molecule has 0 aromatic carbocycles. The van der Waals surface area contributed by atoms with E-state index in [0.717, 1.165) is 23.5 Å². The Bertz CT molecular complexity index is 643. The molecule has 21 heavy (non-hydrogen) atoms. The smallest absolute Gasteiger partial charge is 0.310 e. The molecule has 0 aliphatic heterocycles. The minimum Gasteiger partial charge on any atom is -0.481 e. The molecule has 0 spiro atoms. The van der Waals surface area contributed by atoms with Gasteiger partial charge in [0.25, 0.3) is 0 Å². The number of nitrogens with zero attached hydrogens (tertiary/aromatic N) is 3. The molecule has 1 fully saturated rings. The summed E-state index contributed by atoms with van der Waals surface area (Å²) in [6.07, 6.45) is 4.12. The molecule has 7 heteroatoms. The zero-order valence-electron chi connectivity index (χ0n) is 11.8. The highest BCUT2D eigenvalue weighted by Gasteiger charge is 2.42. The van der Waals surface area contributed by atoms with Crippen LogP contribution in [0.4, 0.5) is 0 Å². The van der Waals surface area contributed by atoms with Crippen LogP contribution in [0, 0.1) is 12.3 Å². The minimum absolute atomic E-state index is 0.325. The van der Waals surface area contributed by atoms with E-state index in [4.69, 9.17) is 4.52 Å². The summed E-state index contributed by atoms with van der Waals surface area (Å²) in [7, 11) is 0. The maximum absolute atomic E-state index is 11.5. The van der Waals surface area contributed by atoms with Crippen molar-refractivity contribution >= 4 is 17.3 Å². The maximum Gasteiger partial charge on any atom is 0.310 e.